The molecule has 0 saturated carbocycles. The molecule has 0 amide bonds. The summed E-state index contributed by atoms with van der Waals surface area (Å²) in [4.78, 5) is 9.92. The minimum Gasteiger partial charge on any atom is -0.277 e. The van der Waals surface area contributed by atoms with Gasteiger partial charge in [-0.1, -0.05) is 105 Å². The molecule has 0 bridgehead atoms. The summed E-state index contributed by atoms with van der Waals surface area (Å²) in [7, 11) is 0. The Labute approximate surface area is 220 Å². The zero-order valence-electron chi connectivity index (χ0n) is 18.6. The van der Waals surface area contributed by atoms with Gasteiger partial charge in [-0.05, 0) is 53.1 Å². The quantitative estimate of drug-likeness (QED) is 0.208. The van der Waals surface area contributed by atoms with Crippen LogP contribution in [0.1, 0.15) is 0 Å². The zero-order valence-corrected chi connectivity index (χ0v) is 21.7. The van der Waals surface area contributed by atoms with Gasteiger partial charge in [0.1, 0.15) is 11.3 Å². The third kappa shape index (κ3) is 4.22. The average molecular weight is 581 g/mol. The molecule has 2 aromatic heterocycles. The number of fused-ring (bicyclic) bond motifs is 1. The van der Waals surface area contributed by atoms with Crippen molar-refractivity contribution in [2.75, 3.05) is 0 Å². The molecule has 4 aromatic carbocycles. The van der Waals surface area contributed by atoms with E-state index in [1.165, 1.54) is 0 Å². The molecule has 6 aromatic rings. The number of aromatic nitrogens is 3. The Balaban J connectivity index is 1.55. The Hall–Kier alpha value is -3.54. The minimum atomic E-state index is 0.840. The fourth-order valence-corrected chi connectivity index (χ4v) is 5.66. The van der Waals surface area contributed by atoms with Crippen LogP contribution in [0.25, 0.3) is 50.5 Å². The highest BCUT2D eigenvalue weighted by atomic mass is 79.9. The van der Waals surface area contributed by atoms with Crippen LogP contribution in [-0.2, 0) is 0 Å². The predicted octanol–water partition coefficient (Wildman–Crippen LogP) is 8.95. The molecule has 0 spiro atoms. The Morgan fingerprint density at radius 1 is 0.571 bits per heavy atom. The van der Waals surface area contributed by atoms with Gasteiger partial charge in [0.05, 0.1) is 0 Å². The molecule has 0 aliphatic carbocycles. The van der Waals surface area contributed by atoms with E-state index in [1.54, 1.807) is 0 Å². The first-order chi connectivity index (χ1) is 17.2. The highest BCUT2D eigenvalue weighted by molar-refractivity contribution is 9.11. The summed E-state index contributed by atoms with van der Waals surface area (Å²) in [6.07, 6.45) is 1.86. The molecule has 0 fully saturated rings. The molecule has 0 aliphatic heterocycles. The third-order valence-electron chi connectivity index (χ3n) is 5.98. The lowest BCUT2D eigenvalue weighted by Crippen LogP contribution is -1.98. The molecule has 0 N–H and O–H groups in total. The molecule has 5 heteroatoms. The second-order valence-corrected chi connectivity index (χ2v) is 10.1. The van der Waals surface area contributed by atoms with Crippen LogP contribution in [-0.4, -0.2) is 14.5 Å². The summed E-state index contributed by atoms with van der Waals surface area (Å²) < 4.78 is 4.22. The number of halogens is 2. The van der Waals surface area contributed by atoms with Crippen LogP contribution in [0.15, 0.2) is 124 Å². The number of imidazole rings is 1. The average Bonchev–Trinajstić information content (AvgIpc) is 3.29. The van der Waals surface area contributed by atoms with Crippen LogP contribution in [0, 0.1) is 0 Å². The van der Waals surface area contributed by atoms with Gasteiger partial charge in [0, 0.05) is 32.0 Å². The molecular weight excluding hydrogens is 562 g/mol. The van der Waals surface area contributed by atoms with Crippen LogP contribution in [0.4, 0.5) is 0 Å². The highest BCUT2D eigenvalue weighted by Gasteiger charge is 2.18. The number of hydrogen-bond acceptors (Lipinski definition) is 2. The maximum atomic E-state index is 5.15. The number of rotatable bonds is 4. The summed E-state index contributed by atoms with van der Waals surface area (Å²) in [6.45, 7) is 0. The topological polar surface area (TPSA) is 30.7 Å². The van der Waals surface area contributed by atoms with Crippen LogP contribution in [0.5, 0.6) is 0 Å². The van der Waals surface area contributed by atoms with E-state index in [4.69, 9.17) is 9.97 Å². The molecule has 2 heterocycles. The van der Waals surface area contributed by atoms with Crippen molar-refractivity contribution >= 4 is 43.0 Å². The predicted molar refractivity (Wildman–Crippen MR) is 151 cm³/mol. The molecule has 0 radical (unpaired) electrons. The lowest BCUT2D eigenvalue weighted by atomic mass is 10.0. The van der Waals surface area contributed by atoms with E-state index in [-0.39, 0.29) is 0 Å². The van der Waals surface area contributed by atoms with E-state index in [2.05, 4.69) is 109 Å². The minimum absolute atomic E-state index is 0.840. The van der Waals surface area contributed by atoms with E-state index >= 15 is 0 Å². The van der Waals surface area contributed by atoms with E-state index in [0.29, 0.717) is 0 Å². The molecule has 0 aliphatic rings. The molecule has 0 atom stereocenters. The van der Waals surface area contributed by atoms with Crippen molar-refractivity contribution < 1.29 is 0 Å². The Bertz CT molecular complexity index is 1620. The normalized spacial score (nSPS) is 11.1. The van der Waals surface area contributed by atoms with Gasteiger partial charge in [0.2, 0.25) is 0 Å². The van der Waals surface area contributed by atoms with Gasteiger partial charge in [-0.2, -0.15) is 0 Å². The first-order valence-electron chi connectivity index (χ1n) is 11.2. The van der Waals surface area contributed by atoms with Gasteiger partial charge in [-0.3, -0.25) is 4.57 Å². The first kappa shape index (κ1) is 22.0. The smallest absolute Gasteiger partial charge is 0.165 e. The fourth-order valence-electron chi connectivity index (χ4n) is 4.37. The lowest BCUT2D eigenvalue weighted by molar-refractivity contribution is 1.08. The van der Waals surface area contributed by atoms with Crippen molar-refractivity contribution in [1.29, 1.82) is 0 Å². The van der Waals surface area contributed by atoms with Crippen LogP contribution in [0.3, 0.4) is 0 Å². The van der Waals surface area contributed by atoms with Gasteiger partial charge in [-0.25, -0.2) is 9.97 Å². The summed E-state index contributed by atoms with van der Waals surface area (Å²) in [6, 6.07) is 37.5. The number of nitrogens with zero attached hydrogens (tertiary/aromatic N) is 3. The highest BCUT2D eigenvalue weighted by Crippen LogP contribution is 2.34. The monoisotopic (exact) mass is 579 g/mol. The number of benzene rings is 4. The summed E-state index contributed by atoms with van der Waals surface area (Å²) in [5.74, 6) is 0.865. The molecular formula is C30H19Br2N3. The number of hydrogen-bond donors (Lipinski definition) is 0. The van der Waals surface area contributed by atoms with E-state index in [9.17, 15) is 0 Å². The lowest BCUT2D eigenvalue weighted by Gasteiger charge is -2.10. The van der Waals surface area contributed by atoms with Gasteiger partial charge < -0.3 is 0 Å². The van der Waals surface area contributed by atoms with Gasteiger partial charge in [0.15, 0.2) is 5.65 Å². The van der Waals surface area contributed by atoms with Crippen molar-refractivity contribution in [3.05, 3.63) is 124 Å². The summed E-state index contributed by atoms with van der Waals surface area (Å²) in [5.41, 5.74) is 8.27. The van der Waals surface area contributed by atoms with Crippen molar-refractivity contribution in [1.82, 2.24) is 14.5 Å². The molecule has 168 valence electrons. The van der Waals surface area contributed by atoms with E-state index < -0.39 is 0 Å². The zero-order chi connectivity index (χ0) is 23.8. The number of para-hydroxylation sites is 1. The van der Waals surface area contributed by atoms with Crippen molar-refractivity contribution in [2.45, 2.75) is 0 Å². The Morgan fingerprint density at radius 3 is 1.89 bits per heavy atom. The van der Waals surface area contributed by atoms with Crippen molar-refractivity contribution in [3.8, 4) is 39.3 Å². The van der Waals surface area contributed by atoms with E-state index in [1.807, 2.05) is 42.6 Å². The van der Waals surface area contributed by atoms with Gasteiger partial charge in [0.25, 0.3) is 0 Å². The molecule has 0 unspecified atom stereocenters. The largest absolute Gasteiger partial charge is 0.277 e. The summed E-state index contributed by atoms with van der Waals surface area (Å²) in [5, 5.41) is 0. The molecule has 0 saturated heterocycles. The molecule has 6 rings (SSSR count). The van der Waals surface area contributed by atoms with Crippen molar-refractivity contribution in [2.24, 2.45) is 0 Å². The number of pyridine rings is 1. The standard InChI is InChI=1S/C30H19Br2N3/c31-24-17-23(18-25(32)19-24)20-11-13-22(14-12-20)29-34-28-27(21-7-3-1-4-8-21)15-16-33-30(28)35(29)26-9-5-2-6-10-26/h1-19H. The first-order valence-corrected chi connectivity index (χ1v) is 12.8. The SMILES string of the molecule is Brc1cc(Br)cc(-c2ccc(-c3nc4c(-c5ccccc5)ccnc4n3-c3ccccc3)cc2)c1. The van der Waals surface area contributed by atoms with E-state index in [0.717, 1.165) is 59.4 Å². The maximum absolute atomic E-state index is 5.15. The van der Waals surface area contributed by atoms with Crippen LogP contribution < -0.4 is 0 Å². The maximum Gasteiger partial charge on any atom is 0.165 e. The third-order valence-corrected chi connectivity index (χ3v) is 6.90. The van der Waals surface area contributed by atoms with Gasteiger partial charge in [-0.15, -0.1) is 0 Å². The van der Waals surface area contributed by atoms with Crippen LogP contribution >= 0.6 is 31.9 Å². The second kappa shape index (κ2) is 9.25. The van der Waals surface area contributed by atoms with Crippen molar-refractivity contribution in [3.63, 3.8) is 0 Å². The molecule has 3 nitrogen and oxygen atoms in total. The second-order valence-electron chi connectivity index (χ2n) is 8.24. The molecule has 35 heavy (non-hydrogen) atoms. The Kier molecular flexibility index (Phi) is 5.80. The summed E-state index contributed by atoms with van der Waals surface area (Å²) >= 11 is 7.18. The Morgan fingerprint density at radius 2 is 1.20 bits per heavy atom. The fraction of sp³-hybridized carbons (Fsp3) is 0. The van der Waals surface area contributed by atoms with Crippen LogP contribution in [0.2, 0.25) is 0 Å². The van der Waals surface area contributed by atoms with Gasteiger partial charge >= 0.3 is 0 Å².